The van der Waals surface area contributed by atoms with E-state index in [2.05, 4.69) is 0 Å². The predicted molar refractivity (Wildman–Crippen MR) is 75.9 cm³/mol. The molecule has 1 amide bonds. The second-order valence-corrected chi connectivity index (χ2v) is 5.05. The summed E-state index contributed by atoms with van der Waals surface area (Å²) >= 11 is 0. The summed E-state index contributed by atoms with van der Waals surface area (Å²) in [6, 6.07) is 5.57. The number of anilines is 1. The molecule has 1 aromatic carbocycles. The van der Waals surface area contributed by atoms with Crippen LogP contribution >= 0.6 is 0 Å². The molecule has 2 N–H and O–H groups in total. The largest absolute Gasteiger partial charge is 0.496 e. The van der Waals surface area contributed by atoms with E-state index in [1.165, 1.54) is 12.8 Å². The van der Waals surface area contributed by atoms with Crippen LogP contribution in [0.2, 0.25) is 0 Å². The van der Waals surface area contributed by atoms with Crippen molar-refractivity contribution in [1.82, 2.24) is 4.90 Å². The predicted octanol–water partition coefficient (Wildman–Crippen LogP) is 2.57. The molecule has 104 valence electrons. The van der Waals surface area contributed by atoms with Gasteiger partial charge < -0.3 is 15.4 Å². The molecule has 0 radical (unpaired) electrons. The van der Waals surface area contributed by atoms with Crippen molar-refractivity contribution in [3.63, 3.8) is 0 Å². The molecule has 0 atom stereocenters. The van der Waals surface area contributed by atoms with Gasteiger partial charge in [-0.1, -0.05) is 12.8 Å². The first-order valence-electron chi connectivity index (χ1n) is 6.91. The van der Waals surface area contributed by atoms with Crippen molar-refractivity contribution in [3.8, 4) is 5.75 Å². The third-order valence-electron chi connectivity index (χ3n) is 3.59. The topological polar surface area (TPSA) is 55.6 Å². The van der Waals surface area contributed by atoms with E-state index in [0.717, 1.165) is 30.7 Å². The lowest BCUT2D eigenvalue weighted by Gasteiger charge is -2.25. The van der Waals surface area contributed by atoms with Crippen LogP contribution in [0.1, 0.15) is 37.7 Å². The first-order chi connectivity index (χ1) is 9.20. The molecule has 4 nitrogen and oxygen atoms in total. The summed E-state index contributed by atoms with van der Waals surface area (Å²) in [7, 11) is 1.64. The van der Waals surface area contributed by atoms with Gasteiger partial charge in [-0.3, -0.25) is 4.79 Å². The zero-order valence-electron chi connectivity index (χ0n) is 11.5. The minimum atomic E-state index is 0.240. The van der Waals surface area contributed by atoms with Gasteiger partial charge in [-0.15, -0.1) is 0 Å². The molecule has 1 saturated heterocycles. The molecule has 1 aromatic rings. The van der Waals surface area contributed by atoms with Crippen LogP contribution in [-0.4, -0.2) is 24.5 Å². The number of ether oxygens (including phenoxy) is 1. The fourth-order valence-corrected chi connectivity index (χ4v) is 2.51. The van der Waals surface area contributed by atoms with Crippen LogP contribution in [0, 0.1) is 0 Å². The molecule has 4 heteroatoms. The maximum atomic E-state index is 12.1. The van der Waals surface area contributed by atoms with Crippen molar-refractivity contribution in [1.29, 1.82) is 0 Å². The lowest BCUT2D eigenvalue weighted by Crippen LogP contribution is -2.32. The van der Waals surface area contributed by atoms with Gasteiger partial charge in [0.05, 0.1) is 7.11 Å². The highest BCUT2D eigenvalue weighted by Crippen LogP contribution is 2.24. The maximum absolute atomic E-state index is 12.1. The Labute approximate surface area is 114 Å². The van der Waals surface area contributed by atoms with E-state index in [-0.39, 0.29) is 5.91 Å². The minimum absolute atomic E-state index is 0.240. The second-order valence-electron chi connectivity index (χ2n) is 5.05. The Kier molecular flexibility index (Phi) is 4.66. The Morgan fingerprint density at radius 3 is 2.84 bits per heavy atom. The standard InChI is InChI=1S/C15H22N2O2/c1-19-14-8-7-13(16)10-12(14)11-17-9-5-3-2-4-6-15(17)18/h7-8,10H,2-6,9,11,16H2,1H3. The Balaban J connectivity index is 2.13. The van der Waals surface area contributed by atoms with E-state index in [0.29, 0.717) is 18.7 Å². The molecule has 1 aliphatic rings. The molecular formula is C15H22N2O2. The normalized spacial score (nSPS) is 16.9. The van der Waals surface area contributed by atoms with Crippen molar-refractivity contribution in [2.24, 2.45) is 0 Å². The lowest BCUT2D eigenvalue weighted by atomic mass is 10.1. The number of hydrogen-bond acceptors (Lipinski definition) is 3. The van der Waals surface area contributed by atoms with Gasteiger partial charge in [-0.25, -0.2) is 0 Å². The number of carbonyl (C=O) groups excluding carboxylic acids is 1. The lowest BCUT2D eigenvalue weighted by molar-refractivity contribution is -0.132. The van der Waals surface area contributed by atoms with E-state index in [4.69, 9.17) is 10.5 Å². The highest BCUT2D eigenvalue weighted by Gasteiger charge is 2.17. The zero-order valence-corrected chi connectivity index (χ0v) is 11.5. The molecule has 0 aromatic heterocycles. The van der Waals surface area contributed by atoms with Crippen LogP contribution in [0.4, 0.5) is 5.69 Å². The van der Waals surface area contributed by atoms with Crippen molar-refractivity contribution in [2.45, 2.75) is 38.6 Å². The molecule has 0 saturated carbocycles. The van der Waals surface area contributed by atoms with E-state index in [1.807, 2.05) is 23.1 Å². The van der Waals surface area contributed by atoms with Crippen LogP contribution in [0.5, 0.6) is 5.75 Å². The number of benzene rings is 1. The Bertz CT molecular complexity index is 446. The van der Waals surface area contributed by atoms with E-state index < -0.39 is 0 Å². The third kappa shape index (κ3) is 3.63. The van der Waals surface area contributed by atoms with Crippen molar-refractivity contribution in [3.05, 3.63) is 23.8 Å². The zero-order chi connectivity index (χ0) is 13.7. The summed E-state index contributed by atoms with van der Waals surface area (Å²) in [6.07, 6.45) is 5.11. The van der Waals surface area contributed by atoms with E-state index >= 15 is 0 Å². The minimum Gasteiger partial charge on any atom is -0.496 e. The summed E-state index contributed by atoms with van der Waals surface area (Å²) in [5, 5.41) is 0. The first-order valence-corrected chi connectivity index (χ1v) is 6.91. The van der Waals surface area contributed by atoms with Gasteiger partial charge in [0.15, 0.2) is 0 Å². The highest BCUT2D eigenvalue weighted by molar-refractivity contribution is 5.76. The summed E-state index contributed by atoms with van der Waals surface area (Å²) in [5.74, 6) is 1.04. The van der Waals surface area contributed by atoms with Crippen LogP contribution in [-0.2, 0) is 11.3 Å². The van der Waals surface area contributed by atoms with Crippen LogP contribution in [0.3, 0.4) is 0 Å². The number of nitrogen functional groups attached to an aromatic ring is 1. The molecule has 1 aliphatic heterocycles. The van der Waals surface area contributed by atoms with Gasteiger partial charge >= 0.3 is 0 Å². The van der Waals surface area contributed by atoms with Crippen LogP contribution in [0.15, 0.2) is 18.2 Å². The highest BCUT2D eigenvalue weighted by atomic mass is 16.5. The fourth-order valence-electron chi connectivity index (χ4n) is 2.51. The molecule has 0 aliphatic carbocycles. The van der Waals surface area contributed by atoms with Gasteiger partial charge in [0.25, 0.3) is 0 Å². The number of hydrogen-bond donors (Lipinski definition) is 1. The van der Waals surface area contributed by atoms with Gasteiger partial charge in [-0.2, -0.15) is 0 Å². The Morgan fingerprint density at radius 1 is 1.26 bits per heavy atom. The molecule has 0 spiro atoms. The summed E-state index contributed by atoms with van der Waals surface area (Å²) in [6.45, 7) is 1.42. The number of carbonyl (C=O) groups is 1. The smallest absolute Gasteiger partial charge is 0.222 e. The maximum Gasteiger partial charge on any atom is 0.222 e. The number of nitrogens with zero attached hydrogens (tertiary/aromatic N) is 1. The number of likely N-dealkylation sites (tertiary alicyclic amines) is 1. The van der Waals surface area contributed by atoms with Gasteiger partial charge in [0.2, 0.25) is 5.91 Å². The molecule has 1 heterocycles. The average molecular weight is 262 g/mol. The number of rotatable bonds is 3. The summed E-state index contributed by atoms with van der Waals surface area (Å²) in [5.41, 5.74) is 7.51. The van der Waals surface area contributed by atoms with E-state index in [1.54, 1.807) is 7.11 Å². The fraction of sp³-hybridized carbons (Fsp3) is 0.533. The van der Waals surface area contributed by atoms with Gasteiger partial charge in [-0.05, 0) is 31.0 Å². The van der Waals surface area contributed by atoms with Gasteiger partial charge in [0.1, 0.15) is 5.75 Å². The SMILES string of the molecule is COc1ccc(N)cc1CN1CCCCCCC1=O. The van der Waals surface area contributed by atoms with Crippen LogP contribution < -0.4 is 10.5 Å². The Morgan fingerprint density at radius 2 is 2.05 bits per heavy atom. The second kappa shape index (κ2) is 6.45. The molecule has 2 rings (SSSR count). The van der Waals surface area contributed by atoms with Crippen molar-refractivity contribution in [2.75, 3.05) is 19.4 Å². The molecule has 1 fully saturated rings. The first kappa shape index (κ1) is 13.7. The monoisotopic (exact) mass is 262 g/mol. The number of nitrogens with two attached hydrogens (primary N) is 1. The summed E-state index contributed by atoms with van der Waals surface area (Å²) < 4.78 is 5.34. The Hall–Kier alpha value is -1.71. The van der Waals surface area contributed by atoms with Crippen molar-refractivity contribution >= 4 is 11.6 Å². The number of methoxy groups -OCH3 is 1. The average Bonchev–Trinajstić information content (AvgIpc) is 2.39. The van der Waals surface area contributed by atoms with Crippen molar-refractivity contribution < 1.29 is 9.53 Å². The molecule has 19 heavy (non-hydrogen) atoms. The number of amides is 1. The quantitative estimate of drug-likeness (QED) is 0.852. The molecular weight excluding hydrogens is 240 g/mol. The summed E-state index contributed by atoms with van der Waals surface area (Å²) in [4.78, 5) is 14.0. The van der Waals surface area contributed by atoms with Gasteiger partial charge in [0, 0.05) is 30.8 Å². The van der Waals surface area contributed by atoms with E-state index in [9.17, 15) is 4.79 Å². The van der Waals surface area contributed by atoms with Crippen LogP contribution in [0.25, 0.3) is 0 Å². The molecule has 0 unspecified atom stereocenters. The molecule has 0 bridgehead atoms. The third-order valence-corrected chi connectivity index (χ3v) is 3.59.